The van der Waals surface area contributed by atoms with E-state index in [1.807, 2.05) is 54.0 Å². The topological polar surface area (TPSA) is 44.5 Å². The molecule has 0 aromatic carbocycles. The monoisotopic (exact) mass is 403 g/mol. The van der Waals surface area contributed by atoms with Crippen molar-refractivity contribution in [2.75, 3.05) is 66.5 Å². The highest BCUT2D eigenvalue weighted by atomic mass is 15.2. The molecule has 2 fully saturated rings. The Morgan fingerprint density at radius 3 is 1.62 bits per heavy atom. The predicted molar refractivity (Wildman–Crippen MR) is 123 cm³/mol. The minimum Gasteiger partial charge on any atom is -0.373 e. The van der Waals surface area contributed by atoms with E-state index in [2.05, 4.69) is 52.6 Å². The van der Waals surface area contributed by atoms with E-state index < -0.39 is 0 Å². The Hall–Kier alpha value is -2.09. The van der Waals surface area contributed by atoms with Crippen LogP contribution in [0.15, 0.2) is 55.5 Å². The van der Waals surface area contributed by atoms with Gasteiger partial charge in [0.05, 0.1) is 6.33 Å². The third kappa shape index (κ3) is 12.9. The second kappa shape index (κ2) is 14.8. The molecule has 2 saturated heterocycles. The molecule has 4 rings (SSSR count). The Morgan fingerprint density at radius 1 is 0.793 bits per heavy atom. The number of allylic oxidation sites excluding steroid dienone is 1. The lowest BCUT2D eigenvalue weighted by atomic mass is 10.3. The van der Waals surface area contributed by atoms with E-state index in [-0.39, 0.29) is 0 Å². The molecule has 2 aromatic rings. The molecule has 1 N–H and O–H groups in total. The zero-order valence-corrected chi connectivity index (χ0v) is 19.1. The van der Waals surface area contributed by atoms with Gasteiger partial charge in [0.2, 0.25) is 0 Å². The van der Waals surface area contributed by atoms with E-state index in [1.54, 1.807) is 12.5 Å². The second-order valence-corrected chi connectivity index (χ2v) is 7.66. The molecular formula is C22H41N7. The number of likely N-dealkylation sites (N-methyl/N-ethyl adjacent to an activating group) is 2. The molecule has 29 heavy (non-hydrogen) atoms. The summed E-state index contributed by atoms with van der Waals surface area (Å²) in [5.41, 5.74) is 1.20. The molecule has 0 spiro atoms. The summed E-state index contributed by atoms with van der Waals surface area (Å²) in [6.45, 7) is 15.4. The van der Waals surface area contributed by atoms with Gasteiger partial charge in [0, 0.05) is 96.9 Å². The number of rotatable bonds is 1. The number of aryl methyl sites for hydroxylation is 2. The van der Waals surface area contributed by atoms with Gasteiger partial charge in [0.15, 0.2) is 0 Å². The summed E-state index contributed by atoms with van der Waals surface area (Å²) < 4.78 is 3.89. The summed E-state index contributed by atoms with van der Waals surface area (Å²) in [5, 5.41) is 3.27. The van der Waals surface area contributed by atoms with E-state index >= 15 is 0 Å². The fourth-order valence-electron chi connectivity index (χ4n) is 2.71. The quantitative estimate of drug-likeness (QED) is 0.786. The van der Waals surface area contributed by atoms with Crippen LogP contribution in [0.3, 0.4) is 0 Å². The molecule has 0 radical (unpaired) electrons. The largest absolute Gasteiger partial charge is 0.373 e. The third-order valence-electron chi connectivity index (χ3n) is 4.77. The highest BCUT2D eigenvalue weighted by Crippen LogP contribution is 2.04. The van der Waals surface area contributed by atoms with E-state index in [4.69, 9.17) is 0 Å². The molecule has 0 amide bonds. The fraction of sp³-hybridized carbons (Fsp3) is 0.591. The summed E-state index contributed by atoms with van der Waals surface area (Å²) in [4.78, 5) is 10.8. The maximum Gasteiger partial charge on any atom is 0.0943 e. The summed E-state index contributed by atoms with van der Waals surface area (Å²) in [6.07, 6.45) is 9.39. The van der Waals surface area contributed by atoms with Crippen molar-refractivity contribution in [3.8, 4) is 0 Å². The highest BCUT2D eigenvalue weighted by molar-refractivity contribution is 4.91. The first-order valence-electron chi connectivity index (χ1n) is 10.4. The van der Waals surface area contributed by atoms with Crippen LogP contribution in [-0.2, 0) is 14.1 Å². The molecular weight excluding hydrogens is 362 g/mol. The molecule has 7 nitrogen and oxygen atoms in total. The zero-order valence-electron chi connectivity index (χ0n) is 19.1. The van der Waals surface area contributed by atoms with E-state index in [9.17, 15) is 0 Å². The molecule has 0 aliphatic carbocycles. The molecule has 7 heteroatoms. The maximum atomic E-state index is 3.91. The lowest BCUT2D eigenvalue weighted by molar-refractivity contribution is 0.187. The molecule has 2 aromatic heterocycles. The number of imidazole rings is 1. The summed E-state index contributed by atoms with van der Waals surface area (Å²) in [5.74, 6) is 0. The Balaban J connectivity index is 0.000000198. The Kier molecular flexibility index (Phi) is 12.8. The van der Waals surface area contributed by atoms with Crippen LogP contribution in [0.25, 0.3) is 0 Å². The van der Waals surface area contributed by atoms with Crippen LogP contribution in [0, 0.1) is 0 Å². The van der Waals surface area contributed by atoms with Crippen molar-refractivity contribution in [2.24, 2.45) is 14.1 Å². The van der Waals surface area contributed by atoms with Crippen molar-refractivity contribution in [3.63, 3.8) is 0 Å². The second-order valence-electron chi connectivity index (χ2n) is 7.66. The number of hydrogen-bond acceptors (Lipinski definition) is 5. The molecule has 164 valence electrons. The first-order chi connectivity index (χ1) is 13.9. The maximum absolute atomic E-state index is 3.91. The van der Waals surface area contributed by atoms with Gasteiger partial charge in [-0.2, -0.15) is 0 Å². The van der Waals surface area contributed by atoms with Crippen LogP contribution in [0.4, 0.5) is 0 Å². The Morgan fingerprint density at radius 2 is 1.34 bits per heavy atom. The molecule has 2 aliphatic rings. The zero-order chi connectivity index (χ0) is 21.5. The van der Waals surface area contributed by atoms with Gasteiger partial charge in [-0.3, -0.25) is 0 Å². The van der Waals surface area contributed by atoms with Crippen molar-refractivity contribution in [2.45, 2.75) is 6.92 Å². The van der Waals surface area contributed by atoms with Gasteiger partial charge in [-0.05, 0) is 33.2 Å². The van der Waals surface area contributed by atoms with Gasteiger partial charge >= 0.3 is 0 Å². The molecule has 0 saturated carbocycles. The van der Waals surface area contributed by atoms with Crippen LogP contribution < -0.4 is 5.32 Å². The first kappa shape index (κ1) is 24.9. The molecule has 0 atom stereocenters. The Bertz CT molecular complexity index is 575. The van der Waals surface area contributed by atoms with Gasteiger partial charge < -0.3 is 29.2 Å². The highest BCUT2D eigenvalue weighted by Gasteiger charge is 2.11. The smallest absolute Gasteiger partial charge is 0.0943 e. The van der Waals surface area contributed by atoms with Crippen LogP contribution in [0.1, 0.15) is 6.92 Å². The van der Waals surface area contributed by atoms with Crippen molar-refractivity contribution in [1.29, 1.82) is 0 Å². The predicted octanol–water partition coefficient (Wildman–Crippen LogP) is 1.73. The van der Waals surface area contributed by atoms with Gasteiger partial charge in [-0.1, -0.05) is 6.58 Å². The van der Waals surface area contributed by atoms with E-state index in [0.717, 1.165) is 26.2 Å². The lowest BCUT2D eigenvalue weighted by Gasteiger charge is -2.33. The van der Waals surface area contributed by atoms with Gasteiger partial charge in [0.25, 0.3) is 0 Å². The average Bonchev–Trinajstić information content (AvgIpc) is 3.38. The molecule has 0 bridgehead atoms. The molecule has 4 heterocycles. The van der Waals surface area contributed by atoms with Crippen molar-refractivity contribution in [3.05, 3.63) is 55.5 Å². The standard InChI is InChI=1S/C8H16N2.C5H12N2.C5H7N.C4H6N2/c1-8(2)10-6-4-9(3)5-7-10;1-7-4-2-6-3-5-7;1-6-4-2-3-5-6;1-6-3-2-5-4-6/h1,4-7H2,2-3H3;6H,2-5H2,1H3;2-5H,1H3;2-4H,1H3. The summed E-state index contributed by atoms with van der Waals surface area (Å²) >= 11 is 0. The van der Waals surface area contributed by atoms with Crippen molar-refractivity contribution in [1.82, 2.24) is 34.1 Å². The minimum atomic E-state index is 1.14. The van der Waals surface area contributed by atoms with Crippen LogP contribution in [0.5, 0.6) is 0 Å². The van der Waals surface area contributed by atoms with Gasteiger partial charge in [0.1, 0.15) is 0 Å². The number of aromatic nitrogens is 3. The number of piperazine rings is 2. The molecule has 2 aliphatic heterocycles. The summed E-state index contributed by atoms with van der Waals surface area (Å²) in [7, 11) is 8.25. The first-order valence-corrected chi connectivity index (χ1v) is 10.4. The number of nitrogens with zero attached hydrogens (tertiary/aromatic N) is 6. The normalized spacial score (nSPS) is 17.1. The molecule has 0 unspecified atom stereocenters. The van der Waals surface area contributed by atoms with Crippen molar-refractivity contribution < 1.29 is 0 Å². The van der Waals surface area contributed by atoms with Crippen LogP contribution in [-0.4, -0.2) is 95.3 Å². The van der Waals surface area contributed by atoms with E-state index in [1.165, 1.54) is 31.9 Å². The van der Waals surface area contributed by atoms with Gasteiger partial charge in [-0.15, -0.1) is 0 Å². The number of hydrogen-bond donors (Lipinski definition) is 1. The SMILES string of the molecule is C=C(C)N1CCN(C)CC1.CN1CCNCC1.Cn1cccc1.Cn1ccnc1. The van der Waals surface area contributed by atoms with Crippen LogP contribution >= 0.6 is 0 Å². The summed E-state index contributed by atoms with van der Waals surface area (Å²) in [6, 6.07) is 4.00. The lowest BCUT2D eigenvalue weighted by Crippen LogP contribution is -2.43. The Labute approximate surface area is 177 Å². The fourth-order valence-corrected chi connectivity index (χ4v) is 2.71. The average molecular weight is 404 g/mol. The van der Waals surface area contributed by atoms with Gasteiger partial charge in [-0.25, -0.2) is 4.98 Å². The van der Waals surface area contributed by atoms with Crippen LogP contribution in [0.2, 0.25) is 0 Å². The number of nitrogens with one attached hydrogen (secondary N) is 1. The third-order valence-corrected chi connectivity index (χ3v) is 4.77. The minimum absolute atomic E-state index is 1.14. The van der Waals surface area contributed by atoms with E-state index in [0.29, 0.717) is 0 Å². The van der Waals surface area contributed by atoms with Crippen molar-refractivity contribution >= 4 is 0 Å².